The van der Waals surface area contributed by atoms with E-state index < -0.39 is 4.92 Å². The minimum absolute atomic E-state index is 0.0823. The van der Waals surface area contributed by atoms with Crippen molar-refractivity contribution in [1.82, 2.24) is 15.0 Å². The highest BCUT2D eigenvalue weighted by atomic mass is 35.5. The molecule has 0 radical (unpaired) electrons. The number of rotatable bonds is 4. The van der Waals surface area contributed by atoms with E-state index in [0.29, 0.717) is 17.9 Å². The van der Waals surface area contributed by atoms with Gasteiger partial charge in [0, 0.05) is 6.07 Å². The maximum Gasteiger partial charge on any atom is 0.290 e. The summed E-state index contributed by atoms with van der Waals surface area (Å²) in [6, 6.07) is 4.46. The second-order valence-electron chi connectivity index (χ2n) is 3.98. The molecule has 0 unspecified atom stereocenters. The Morgan fingerprint density at radius 3 is 2.89 bits per heavy atom. The van der Waals surface area contributed by atoms with Crippen LogP contribution in [0.3, 0.4) is 0 Å². The average Bonchev–Trinajstić information content (AvgIpc) is 2.72. The van der Waals surface area contributed by atoms with Crippen LogP contribution in [-0.4, -0.2) is 19.9 Å². The molecule has 0 aliphatic rings. The topological polar surface area (TPSA) is 99.9 Å². The molecule has 19 heavy (non-hydrogen) atoms. The summed E-state index contributed by atoms with van der Waals surface area (Å²) < 4.78 is 1.50. The van der Waals surface area contributed by atoms with Crippen molar-refractivity contribution in [2.24, 2.45) is 0 Å². The molecular weight excluding hydrogens is 270 g/mol. The van der Waals surface area contributed by atoms with Gasteiger partial charge in [-0.3, -0.25) is 10.1 Å². The Morgan fingerprint density at radius 2 is 2.26 bits per heavy atom. The first kappa shape index (κ1) is 13.3. The lowest BCUT2D eigenvalue weighted by atomic mass is 10.2. The molecule has 0 aliphatic heterocycles. The van der Waals surface area contributed by atoms with Crippen LogP contribution < -0.4 is 5.73 Å². The van der Waals surface area contributed by atoms with E-state index in [1.807, 2.05) is 6.92 Å². The van der Waals surface area contributed by atoms with Crippen LogP contribution in [0, 0.1) is 10.1 Å². The number of nitrogens with two attached hydrogens (primary N) is 1. The summed E-state index contributed by atoms with van der Waals surface area (Å²) in [6.45, 7) is 2.00. The third-order valence-electron chi connectivity index (χ3n) is 2.65. The monoisotopic (exact) mass is 281 g/mol. The molecule has 0 amide bonds. The van der Waals surface area contributed by atoms with E-state index in [1.165, 1.54) is 16.8 Å². The zero-order valence-corrected chi connectivity index (χ0v) is 11.0. The van der Waals surface area contributed by atoms with Crippen molar-refractivity contribution in [2.45, 2.75) is 19.8 Å². The standard InChI is InChI=1S/C11H12ClN5O2/c1-2-3-9-11(13)14-15-16(9)7-4-5-8(12)10(6-7)17(18)19/h4-6H,2-3,13H2,1H3. The Balaban J connectivity index is 2.53. The lowest BCUT2D eigenvalue weighted by molar-refractivity contribution is -0.384. The van der Waals surface area contributed by atoms with Crippen molar-refractivity contribution in [1.29, 1.82) is 0 Å². The van der Waals surface area contributed by atoms with Gasteiger partial charge in [0.05, 0.1) is 16.3 Å². The van der Waals surface area contributed by atoms with Crippen molar-refractivity contribution in [2.75, 3.05) is 5.73 Å². The SMILES string of the molecule is CCCc1c(N)nnn1-c1ccc(Cl)c([N+](=O)[O-])c1. The van der Waals surface area contributed by atoms with Crippen LogP contribution in [-0.2, 0) is 6.42 Å². The zero-order valence-electron chi connectivity index (χ0n) is 10.2. The summed E-state index contributed by atoms with van der Waals surface area (Å²) in [5.74, 6) is 0.333. The molecule has 0 aliphatic carbocycles. The summed E-state index contributed by atoms with van der Waals surface area (Å²) in [5, 5.41) is 18.7. The van der Waals surface area contributed by atoms with Gasteiger partial charge < -0.3 is 5.73 Å². The number of halogens is 1. The van der Waals surface area contributed by atoms with Gasteiger partial charge in [-0.2, -0.15) is 0 Å². The number of anilines is 1. The van der Waals surface area contributed by atoms with Gasteiger partial charge in [0.2, 0.25) is 0 Å². The van der Waals surface area contributed by atoms with E-state index in [4.69, 9.17) is 17.3 Å². The molecule has 0 saturated carbocycles. The Bertz CT molecular complexity index is 626. The lowest BCUT2D eigenvalue weighted by Gasteiger charge is -2.06. The van der Waals surface area contributed by atoms with Gasteiger partial charge >= 0.3 is 0 Å². The van der Waals surface area contributed by atoms with E-state index in [1.54, 1.807) is 6.07 Å². The Labute approximate surface area is 114 Å². The summed E-state index contributed by atoms with van der Waals surface area (Å²) in [6.07, 6.45) is 1.56. The molecule has 1 aromatic carbocycles. The highest BCUT2D eigenvalue weighted by molar-refractivity contribution is 6.32. The summed E-state index contributed by atoms with van der Waals surface area (Å²) in [4.78, 5) is 10.3. The molecular formula is C11H12ClN5O2. The van der Waals surface area contributed by atoms with Gasteiger partial charge in [0.15, 0.2) is 5.82 Å². The van der Waals surface area contributed by atoms with Crippen molar-refractivity contribution < 1.29 is 4.92 Å². The molecule has 0 spiro atoms. The van der Waals surface area contributed by atoms with Gasteiger partial charge in [-0.15, -0.1) is 5.10 Å². The second-order valence-corrected chi connectivity index (χ2v) is 4.38. The number of benzene rings is 1. The van der Waals surface area contributed by atoms with Crippen molar-refractivity contribution in [3.05, 3.63) is 39.0 Å². The molecule has 2 aromatic rings. The van der Waals surface area contributed by atoms with Crippen molar-refractivity contribution >= 4 is 23.1 Å². The first-order valence-electron chi connectivity index (χ1n) is 5.69. The molecule has 0 atom stereocenters. The molecule has 1 aromatic heterocycles. The molecule has 1 heterocycles. The van der Waals surface area contributed by atoms with E-state index >= 15 is 0 Å². The number of nitrogens with zero attached hydrogens (tertiary/aromatic N) is 4. The molecule has 2 N–H and O–H groups in total. The van der Waals surface area contributed by atoms with E-state index in [-0.39, 0.29) is 10.7 Å². The molecule has 0 bridgehead atoms. The predicted octanol–water partition coefficient (Wildman–Crippen LogP) is 2.36. The van der Waals surface area contributed by atoms with Crippen molar-refractivity contribution in [3.8, 4) is 5.69 Å². The third kappa shape index (κ3) is 2.50. The molecule has 2 rings (SSSR count). The zero-order chi connectivity index (χ0) is 14.0. The highest BCUT2D eigenvalue weighted by Gasteiger charge is 2.17. The smallest absolute Gasteiger partial charge is 0.290 e. The molecule has 0 saturated heterocycles. The second kappa shape index (κ2) is 5.23. The Morgan fingerprint density at radius 1 is 1.53 bits per heavy atom. The first-order chi connectivity index (χ1) is 9.04. The van der Waals surface area contributed by atoms with Gasteiger partial charge in [-0.05, 0) is 18.6 Å². The number of hydrogen-bond donors (Lipinski definition) is 1. The van der Waals surface area contributed by atoms with Gasteiger partial charge in [-0.1, -0.05) is 30.2 Å². The van der Waals surface area contributed by atoms with Crippen LogP contribution in [0.15, 0.2) is 18.2 Å². The fraction of sp³-hybridized carbons (Fsp3) is 0.273. The van der Waals surface area contributed by atoms with E-state index in [2.05, 4.69) is 10.3 Å². The van der Waals surface area contributed by atoms with Gasteiger partial charge in [-0.25, -0.2) is 4.68 Å². The summed E-state index contributed by atoms with van der Waals surface area (Å²) in [7, 11) is 0. The Kier molecular flexibility index (Phi) is 3.66. The minimum Gasteiger partial charge on any atom is -0.381 e. The largest absolute Gasteiger partial charge is 0.381 e. The molecule has 8 heteroatoms. The summed E-state index contributed by atoms with van der Waals surface area (Å²) in [5.41, 5.74) is 6.82. The number of nitrogen functional groups attached to an aromatic ring is 1. The van der Waals surface area contributed by atoms with E-state index in [9.17, 15) is 10.1 Å². The normalized spacial score (nSPS) is 10.6. The first-order valence-corrected chi connectivity index (χ1v) is 6.06. The maximum atomic E-state index is 10.9. The minimum atomic E-state index is -0.536. The Hall–Kier alpha value is -2.15. The van der Waals surface area contributed by atoms with Crippen LogP contribution in [0.4, 0.5) is 11.5 Å². The van der Waals surface area contributed by atoms with Crippen LogP contribution in [0.5, 0.6) is 0 Å². The van der Waals surface area contributed by atoms with Crippen molar-refractivity contribution in [3.63, 3.8) is 0 Å². The number of nitro benzene ring substituents is 1. The lowest BCUT2D eigenvalue weighted by Crippen LogP contribution is -2.04. The van der Waals surface area contributed by atoms with Crippen LogP contribution in [0.2, 0.25) is 5.02 Å². The van der Waals surface area contributed by atoms with E-state index in [0.717, 1.165) is 12.1 Å². The van der Waals surface area contributed by atoms with Crippen LogP contribution in [0.1, 0.15) is 19.0 Å². The quantitative estimate of drug-likeness (QED) is 0.685. The fourth-order valence-corrected chi connectivity index (χ4v) is 1.95. The number of aromatic nitrogens is 3. The molecule has 0 fully saturated rings. The van der Waals surface area contributed by atoms with Gasteiger partial charge in [0.1, 0.15) is 5.02 Å². The van der Waals surface area contributed by atoms with Gasteiger partial charge in [0.25, 0.3) is 5.69 Å². The van der Waals surface area contributed by atoms with Crippen LogP contribution >= 0.6 is 11.6 Å². The number of hydrogen-bond acceptors (Lipinski definition) is 5. The average molecular weight is 282 g/mol. The maximum absolute atomic E-state index is 10.9. The highest BCUT2D eigenvalue weighted by Crippen LogP contribution is 2.27. The number of nitro groups is 1. The molecule has 7 nitrogen and oxygen atoms in total. The fourth-order valence-electron chi connectivity index (χ4n) is 1.76. The summed E-state index contributed by atoms with van der Waals surface area (Å²) >= 11 is 5.77. The predicted molar refractivity (Wildman–Crippen MR) is 71.4 cm³/mol. The third-order valence-corrected chi connectivity index (χ3v) is 2.97. The molecule has 100 valence electrons. The van der Waals surface area contributed by atoms with Crippen LogP contribution in [0.25, 0.3) is 5.69 Å².